The molecular formula is C19H24N4OS. The van der Waals surface area contributed by atoms with Crippen LogP contribution >= 0.6 is 11.3 Å². The molecule has 2 fully saturated rings. The summed E-state index contributed by atoms with van der Waals surface area (Å²) >= 11 is 1.70. The van der Waals surface area contributed by atoms with Crippen molar-refractivity contribution >= 4 is 17.2 Å². The molecule has 25 heavy (non-hydrogen) atoms. The van der Waals surface area contributed by atoms with Crippen molar-refractivity contribution in [1.29, 1.82) is 0 Å². The fourth-order valence-corrected chi connectivity index (χ4v) is 4.85. The summed E-state index contributed by atoms with van der Waals surface area (Å²) in [6.45, 7) is 6.27. The molecule has 0 saturated carbocycles. The van der Waals surface area contributed by atoms with Crippen LogP contribution in [-0.4, -0.2) is 45.3 Å². The fraction of sp³-hybridized carbons (Fsp3) is 0.526. The lowest BCUT2D eigenvalue weighted by atomic mass is 9.78. The number of likely N-dealkylation sites (tertiary alicyclic amines) is 2. The Hall–Kier alpha value is -1.79. The number of thiazole rings is 1. The van der Waals surface area contributed by atoms with Gasteiger partial charge in [-0.3, -0.25) is 14.7 Å². The van der Waals surface area contributed by atoms with Crippen LogP contribution in [0.4, 0.5) is 0 Å². The molecule has 5 nitrogen and oxygen atoms in total. The molecule has 0 bridgehead atoms. The van der Waals surface area contributed by atoms with Crippen molar-refractivity contribution < 1.29 is 4.79 Å². The molecule has 2 aliphatic rings. The van der Waals surface area contributed by atoms with Crippen LogP contribution in [0, 0.1) is 12.3 Å². The first-order chi connectivity index (χ1) is 12.1. The summed E-state index contributed by atoms with van der Waals surface area (Å²) in [5, 5.41) is 3.16. The summed E-state index contributed by atoms with van der Waals surface area (Å²) in [7, 11) is 0. The zero-order chi connectivity index (χ0) is 17.3. The van der Waals surface area contributed by atoms with E-state index in [-0.39, 0.29) is 5.41 Å². The Morgan fingerprint density at radius 2 is 2.16 bits per heavy atom. The lowest BCUT2D eigenvalue weighted by Crippen LogP contribution is -2.47. The molecular weight excluding hydrogens is 332 g/mol. The van der Waals surface area contributed by atoms with Crippen molar-refractivity contribution in [2.75, 3.05) is 19.6 Å². The summed E-state index contributed by atoms with van der Waals surface area (Å²) in [6.07, 6.45) is 4.93. The number of carbonyl (C=O) groups excluding carboxylic acids is 1. The molecule has 6 heteroatoms. The van der Waals surface area contributed by atoms with E-state index >= 15 is 0 Å². The Kier molecular flexibility index (Phi) is 4.56. The van der Waals surface area contributed by atoms with Crippen molar-refractivity contribution in [3.05, 3.63) is 46.2 Å². The predicted octanol–water partition coefficient (Wildman–Crippen LogP) is 2.86. The van der Waals surface area contributed by atoms with Gasteiger partial charge in [0.25, 0.3) is 0 Å². The van der Waals surface area contributed by atoms with Gasteiger partial charge in [-0.15, -0.1) is 11.3 Å². The van der Waals surface area contributed by atoms with Gasteiger partial charge in [0.05, 0.1) is 24.2 Å². The monoisotopic (exact) mass is 356 g/mol. The van der Waals surface area contributed by atoms with Crippen LogP contribution in [0.3, 0.4) is 0 Å². The van der Waals surface area contributed by atoms with Crippen LogP contribution in [0.5, 0.6) is 0 Å². The number of piperidine rings is 1. The Morgan fingerprint density at radius 1 is 1.24 bits per heavy atom. The molecule has 1 spiro atoms. The maximum absolute atomic E-state index is 13.2. The van der Waals surface area contributed by atoms with Crippen molar-refractivity contribution in [2.24, 2.45) is 5.41 Å². The Morgan fingerprint density at radius 3 is 2.96 bits per heavy atom. The lowest BCUT2D eigenvalue weighted by Gasteiger charge is -2.38. The lowest BCUT2D eigenvalue weighted by molar-refractivity contribution is -0.139. The highest BCUT2D eigenvalue weighted by atomic mass is 32.1. The quantitative estimate of drug-likeness (QED) is 0.845. The number of pyridine rings is 1. The molecule has 1 atom stereocenters. The van der Waals surface area contributed by atoms with Crippen LogP contribution in [-0.2, 0) is 17.9 Å². The number of carbonyl (C=O) groups is 1. The minimum atomic E-state index is -0.195. The smallest absolute Gasteiger partial charge is 0.230 e. The zero-order valence-corrected chi connectivity index (χ0v) is 15.5. The Labute approximate surface area is 152 Å². The number of rotatable bonds is 4. The third-order valence-corrected chi connectivity index (χ3v) is 6.16. The first-order valence-corrected chi connectivity index (χ1v) is 9.85. The van der Waals surface area contributed by atoms with E-state index in [1.165, 1.54) is 0 Å². The van der Waals surface area contributed by atoms with Crippen LogP contribution in [0.2, 0.25) is 0 Å². The van der Waals surface area contributed by atoms with Crippen molar-refractivity contribution in [1.82, 2.24) is 19.8 Å². The average molecular weight is 356 g/mol. The van der Waals surface area contributed by atoms with E-state index in [0.29, 0.717) is 12.5 Å². The van der Waals surface area contributed by atoms with Gasteiger partial charge in [-0.1, -0.05) is 6.07 Å². The zero-order valence-electron chi connectivity index (χ0n) is 14.6. The van der Waals surface area contributed by atoms with Gasteiger partial charge in [0.2, 0.25) is 5.91 Å². The van der Waals surface area contributed by atoms with Crippen molar-refractivity contribution in [2.45, 2.75) is 39.3 Å². The third-order valence-electron chi connectivity index (χ3n) is 5.40. The van der Waals surface area contributed by atoms with E-state index in [9.17, 15) is 4.79 Å². The minimum absolute atomic E-state index is 0.195. The van der Waals surface area contributed by atoms with Gasteiger partial charge in [-0.05, 0) is 44.9 Å². The maximum atomic E-state index is 13.2. The molecule has 4 rings (SSSR count). The van der Waals surface area contributed by atoms with Crippen LogP contribution in [0.1, 0.15) is 35.7 Å². The first kappa shape index (κ1) is 16.7. The minimum Gasteiger partial charge on any atom is -0.336 e. The molecule has 132 valence electrons. The van der Waals surface area contributed by atoms with Gasteiger partial charge in [0.15, 0.2) is 0 Å². The first-order valence-electron chi connectivity index (χ1n) is 8.97. The molecule has 1 amide bonds. The summed E-state index contributed by atoms with van der Waals surface area (Å²) < 4.78 is 0. The summed E-state index contributed by atoms with van der Waals surface area (Å²) in [5.74, 6) is 0.319. The van der Waals surface area contributed by atoms with E-state index in [4.69, 9.17) is 0 Å². The number of hydrogen-bond acceptors (Lipinski definition) is 5. The molecule has 1 unspecified atom stereocenters. The fourth-order valence-electron chi connectivity index (χ4n) is 4.19. The Balaban J connectivity index is 1.44. The summed E-state index contributed by atoms with van der Waals surface area (Å²) in [5.41, 5.74) is 1.80. The number of amides is 1. The van der Waals surface area contributed by atoms with Gasteiger partial charge < -0.3 is 4.90 Å². The maximum Gasteiger partial charge on any atom is 0.230 e. The van der Waals surface area contributed by atoms with E-state index in [0.717, 1.165) is 61.8 Å². The van der Waals surface area contributed by atoms with E-state index in [2.05, 4.69) is 14.9 Å². The standard InChI is InChI=1S/C19H24N4OS/c1-15-4-2-5-16(21-15)12-23-10-7-19(18(23)24)6-3-9-22(14-19)13-17-20-8-11-25-17/h2,4-5,8,11H,3,6-7,9-10,12-14H2,1H3. The van der Waals surface area contributed by atoms with E-state index < -0.39 is 0 Å². The number of aromatic nitrogens is 2. The van der Waals surface area contributed by atoms with Crippen LogP contribution in [0.15, 0.2) is 29.8 Å². The van der Waals surface area contributed by atoms with Crippen LogP contribution < -0.4 is 0 Å². The Bertz CT molecular complexity index is 748. The molecule has 2 aromatic rings. The molecule has 0 aromatic carbocycles. The summed E-state index contributed by atoms with van der Waals surface area (Å²) in [6, 6.07) is 6.03. The predicted molar refractivity (Wildman–Crippen MR) is 98.1 cm³/mol. The molecule has 4 heterocycles. The number of nitrogens with zero attached hydrogens (tertiary/aromatic N) is 4. The molecule has 2 saturated heterocycles. The normalized spacial score (nSPS) is 24.4. The third kappa shape index (κ3) is 3.46. The van der Waals surface area contributed by atoms with E-state index in [1.54, 1.807) is 11.3 Å². The van der Waals surface area contributed by atoms with Gasteiger partial charge in [-0.2, -0.15) is 0 Å². The van der Waals surface area contributed by atoms with Gasteiger partial charge in [-0.25, -0.2) is 4.98 Å². The topological polar surface area (TPSA) is 49.3 Å². The highest BCUT2D eigenvalue weighted by molar-refractivity contribution is 7.09. The SMILES string of the molecule is Cc1cccc(CN2CCC3(CCCN(Cc4nccs4)C3)C2=O)n1. The van der Waals surface area contributed by atoms with Crippen molar-refractivity contribution in [3.8, 4) is 0 Å². The molecule has 0 aliphatic carbocycles. The van der Waals surface area contributed by atoms with Gasteiger partial charge in [0, 0.05) is 30.4 Å². The second-order valence-electron chi connectivity index (χ2n) is 7.27. The number of aryl methyl sites for hydroxylation is 1. The summed E-state index contributed by atoms with van der Waals surface area (Å²) in [4.78, 5) is 26.6. The van der Waals surface area contributed by atoms with Gasteiger partial charge in [0.1, 0.15) is 5.01 Å². The molecule has 2 aliphatic heterocycles. The number of hydrogen-bond donors (Lipinski definition) is 0. The molecule has 0 radical (unpaired) electrons. The van der Waals surface area contributed by atoms with Gasteiger partial charge >= 0.3 is 0 Å². The van der Waals surface area contributed by atoms with Crippen molar-refractivity contribution in [3.63, 3.8) is 0 Å². The molecule has 2 aromatic heterocycles. The van der Waals surface area contributed by atoms with E-state index in [1.807, 2.05) is 41.6 Å². The molecule has 0 N–H and O–H groups in total. The second kappa shape index (κ2) is 6.84. The average Bonchev–Trinajstić information content (AvgIpc) is 3.20. The van der Waals surface area contributed by atoms with Crippen LogP contribution in [0.25, 0.3) is 0 Å². The highest BCUT2D eigenvalue weighted by Crippen LogP contribution is 2.41. The second-order valence-corrected chi connectivity index (χ2v) is 8.25. The largest absolute Gasteiger partial charge is 0.336 e. The highest BCUT2D eigenvalue weighted by Gasteiger charge is 2.48.